The van der Waals surface area contributed by atoms with Gasteiger partial charge in [-0.2, -0.15) is 5.10 Å². The summed E-state index contributed by atoms with van der Waals surface area (Å²) in [7, 11) is 1.95. The van der Waals surface area contributed by atoms with E-state index in [1.54, 1.807) is 11.3 Å². The second-order valence-corrected chi connectivity index (χ2v) is 5.44. The first-order chi connectivity index (χ1) is 7.66. The van der Waals surface area contributed by atoms with Crippen molar-refractivity contribution in [3.8, 4) is 0 Å². The Morgan fingerprint density at radius 2 is 2.31 bits per heavy atom. The summed E-state index contributed by atoms with van der Waals surface area (Å²) in [6.07, 6.45) is 1.81. The first-order valence-electron chi connectivity index (χ1n) is 5.12. The third-order valence-electron chi connectivity index (χ3n) is 2.53. The lowest BCUT2D eigenvalue weighted by Gasteiger charge is -2.11. The Bertz CT molecular complexity index is 463. The number of hydrogen-bond donors (Lipinski definition) is 1. The lowest BCUT2D eigenvalue weighted by molar-refractivity contribution is 0.554. The summed E-state index contributed by atoms with van der Waals surface area (Å²) in [6, 6.07) is 6.33. The highest BCUT2D eigenvalue weighted by Crippen LogP contribution is 2.26. The zero-order valence-electron chi connectivity index (χ0n) is 9.27. The number of hydrogen-bond acceptors (Lipinski definition) is 3. The fourth-order valence-corrected chi connectivity index (χ4v) is 2.58. The summed E-state index contributed by atoms with van der Waals surface area (Å²) in [4.78, 5) is 1.26. The number of thiophene rings is 1. The van der Waals surface area contributed by atoms with Gasteiger partial charge in [-0.1, -0.05) is 11.6 Å². The topological polar surface area (TPSA) is 29.9 Å². The monoisotopic (exact) mass is 255 g/mol. The van der Waals surface area contributed by atoms with Crippen molar-refractivity contribution >= 4 is 22.9 Å². The minimum absolute atomic E-state index is 0.312. The summed E-state index contributed by atoms with van der Waals surface area (Å²) in [5.41, 5.74) is 1.18. The SMILES string of the molecule is CC(NCc1ccnn1C)c1ccc(Cl)s1. The van der Waals surface area contributed by atoms with Crippen LogP contribution in [-0.4, -0.2) is 9.78 Å². The van der Waals surface area contributed by atoms with Crippen LogP contribution in [0.3, 0.4) is 0 Å². The molecule has 0 amide bonds. The molecule has 0 saturated heterocycles. The molecule has 16 heavy (non-hydrogen) atoms. The highest BCUT2D eigenvalue weighted by atomic mass is 35.5. The molecule has 0 spiro atoms. The highest BCUT2D eigenvalue weighted by molar-refractivity contribution is 7.16. The van der Waals surface area contributed by atoms with Crippen molar-refractivity contribution in [1.82, 2.24) is 15.1 Å². The fourth-order valence-electron chi connectivity index (χ4n) is 1.49. The Morgan fingerprint density at radius 1 is 1.50 bits per heavy atom. The minimum atomic E-state index is 0.312. The molecule has 2 aromatic rings. The van der Waals surface area contributed by atoms with Crippen LogP contribution in [-0.2, 0) is 13.6 Å². The summed E-state index contributed by atoms with van der Waals surface area (Å²) in [5, 5.41) is 7.58. The summed E-state index contributed by atoms with van der Waals surface area (Å²) < 4.78 is 2.71. The van der Waals surface area contributed by atoms with Gasteiger partial charge in [-0.25, -0.2) is 0 Å². The van der Waals surface area contributed by atoms with Gasteiger partial charge < -0.3 is 5.32 Å². The zero-order chi connectivity index (χ0) is 11.5. The predicted octanol–water partition coefficient (Wildman–Crippen LogP) is 2.99. The molecule has 0 aliphatic carbocycles. The van der Waals surface area contributed by atoms with Gasteiger partial charge in [0.05, 0.1) is 10.0 Å². The number of halogens is 1. The van der Waals surface area contributed by atoms with Crippen molar-refractivity contribution in [2.45, 2.75) is 19.5 Å². The first-order valence-corrected chi connectivity index (χ1v) is 6.32. The van der Waals surface area contributed by atoms with Crippen LogP contribution in [0.4, 0.5) is 0 Å². The van der Waals surface area contributed by atoms with E-state index in [0.717, 1.165) is 10.9 Å². The van der Waals surface area contributed by atoms with Crippen LogP contribution in [0.25, 0.3) is 0 Å². The predicted molar refractivity (Wildman–Crippen MR) is 67.8 cm³/mol. The Labute approximate surface area is 104 Å². The van der Waals surface area contributed by atoms with Crippen molar-refractivity contribution in [2.24, 2.45) is 7.05 Å². The second kappa shape index (κ2) is 4.99. The summed E-state index contributed by atoms with van der Waals surface area (Å²) >= 11 is 7.52. The van der Waals surface area contributed by atoms with E-state index >= 15 is 0 Å². The molecular formula is C11H14ClN3S. The Balaban J connectivity index is 1.93. The van der Waals surface area contributed by atoms with Crippen LogP contribution in [0.2, 0.25) is 4.34 Å². The highest BCUT2D eigenvalue weighted by Gasteiger charge is 2.08. The van der Waals surface area contributed by atoms with Crippen LogP contribution in [0.15, 0.2) is 24.4 Å². The molecule has 0 aliphatic rings. The third-order valence-corrected chi connectivity index (χ3v) is 3.95. The summed E-state index contributed by atoms with van der Waals surface area (Å²) in [5.74, 6) is 0. The van der Waals surface area contributed by atoms with Crippen LogP contribution >= 0.6 is 22.9 Å². The van der Waals surface area contributed by atoms with Crippen molar-refractivity contribution in [1.29, 1.82) is 0 Å². The average Bonchev–Trinajstić information content (AvgIpc) is 2.84. The minimum Gasteiger partial charge on any atom is -0.304 e. The van der Waals surface area contributed by atoms with Crippen LogP contribution in [0, 0.1) is 0 Å². The van der Waals surface area contributed by atoms with Crippen molar-refractivity contribution < 1.29 is 0 Å². The van der Waals surface area contributed by atoms with E-state index in [4.69, 9.17) is 11.6 Å². The molecular weight excluding hydrogens is 242 g/mol. The molecule has 1 N–H and O–H groups in total. The molecule has 1 atom stereocenters. The van der Waals surface area contributed by atoms with Gasteiger partial charge >= 0.3 is 0 Å². The molecule has 0 aliphatic heterocycles. The standard InChI is InChI=1S/C11H14ClN3S/c1-8(10-3-4-11(12)16-10)13-7-9-5-6-14-15(9)2/h3-6,8,13H,7H2,1-2H3. The molecule has 3 nitrogen and oxygen atoms in total. The van der Waals surface area contributed by atoms with Crippen molar-refractivity contribution in [3.05, 3.63) is 39.3 Å². The average molecular weight is 256 g/mol. The first kappa shape index (κ1) is 11.6. The maximum atomic E-state index is 5.91. The number of aromatic nitrogens is 2. The van der Waals surface area contributed by atoms with E-state index in [0.29, 0.717) is 6.04 Å². The number of nitrogens with zero attached hydrogens (tertiary/aromatic N) is 2. The molecule has 0 fully saturated rings. The van der Waals surface area contributed by atoms with Gasteiger partial charge in [0.2, 0.25) is 0 Å². The summed E-state index contributed by atoms with van der Waals surface area (Å²) in [6.45, 7) is 2.95. The van der Waals surface area contributed by atoms with Crippen LogP contribution in [0.1, 0.15) is 23.5 Å². The lowest BCUT2D eigenvalue weighted by atomic mass is 10.2. The van der Waals surface area contributed by atoms with Gasteiger partial charge in [-0.15, -0.1) is 11.3 Å². The molecule has 2 aromatic heterocycles. The normalized spacial score (nSPS) is 12.9. The maximum Gasteiger partial charge on any atom is 0.0931 e. The van der Waals surface area contributed by atoms with Gasteiger partial charge in [0.15, 0.2) is 0 Å². The molecule has 0 bridgehead atoms. The van der Waals surface area contributed by atoms with E-state index in [2.05, 4.69) is 23.4 Å². The van der Waals surface area contributed by atoms with E-state index in [9.17, 15) is 0 Å². The molecule has 2 rings (SSSR count). The molecule has 1 unspecified atom stereocenters. The van der Waals surface area contributed by atoms with Gasteiger partial charge in [0.25, 0.3) is 0 Å². The molecule has 5 heteroatoms. The number of nitrogens with one attached hydrogen (secondary N) is 1. The Morgan fingerprint density at radius 3 is 2.88 bits per heavy atom. The van der Waals surface area contributed by atoms with Gasteiger partial charge in [0.1, 0.15) is 0 Å². The fraction of sp³-hybridized carbons (Fsp3) is 0.364. The van der Waals surface area contributed by atoms with Crippen LogP contribution in [0.5, 0.6) is 0 Å². The maximum absolute atomic E-state index is 5.91. The van der Waals surface area contributed by atoms with Crippen molar-refractivity contribution in [2.75, 3.05) is 0 Å². The van der Waals surface area contributed by atoms with Gasteiger partial charge in [-0.3, -0.25) is 4.68 Å². The van der Waals surface area contributed by atoms with Gasteiger partial charge in [-0.05, 0) is 25.1 Å². The van der Waals surface area contributed by atoms with Crippen molar-refractivity contribution in [3.63, 3.8) is 0 Å². The van der Waals surface area contributed by atoms with E-state index in [1.165, 1.54) is 10.6 Å². The third kappa shape index (κ3) is 2.64. The number of aryl methyl sites for hydroxylation is 1. The molecule has 0 aromatic carbocycles. The Hall–Kier alpha value is -0.840. The van der Waals surface area contributed by atoms with Crippen LogP contribution < -0.4 is 5.32 Å². The lowest BCUT2D eigenvalue weighted by Crippen LogP contribution is -2.18. The van der Waals surface area contributed by atoms with E-state index in [1.807, 2.05) is 30.1 Å². The number of rotatable bonds is 4. The second-order valence-electron chi connectivity index (χ2n) is 3.69. The van der Waals surface area contributed by atoms with Gasteiger partial charge in [0, 0.05) is 30.7 Å². The quantitative estimate of drug-likeness (QED) is 0.910. The molecule has 2 heterocycles. The molecule has 0 saturated carbocycles. The zero-order valence-corrected chi connectivity index (χ0v) is 10.8. The Kier molecular flexibility index (Phi) is 3.63. The smallest absolute Gasteiger partial charge is 0.0931 e. The molecule has 86 valence electrons. The van der Waals surface area contributed by atoms with E-state index in [-0.39, 0.29) is 0 Å². The largest absolute Gasteiger partial charge is 0.304 e. The van der Waals surface area contributed by atoms with E-state index < -0.39 is 0 Å². The molecule has 0 radical (unpaired) electrons.